The third-order valence-corrected chi connectivity index (χ3v) is 1.48. The Labute approximate surface area is 85.8 Å². The minimum absolute atomic E-state index is 0. The fourth-order valence-corrected chi connectivity index (χ4v) is 0.636. The molecule has 0 spiro atoms. The van der Waals surface area contributed by atoms with Crippen LogP contribution >= 0.6 is 12.4 Å². The van der Waals surface area contributed by atoms with Crippen LogP contribution in [0, 0.1) is 10.8 Å². The summed E-state index contributed by atoms with van der Waals surface area (Å²) in [5.41, 5.74) is -0.372. The first-order chi connectivity index (χ1) is 5.38. The van der Waals surface area contributed by atoms with Crippen molar-refractivity contribution in [2.45, 2.75) is 34.1 Å². The highest BCUT2D eigenvalue weighted by molar-refractivity contribution is 5.99. The number of ketones is 1. The van der Waals surface area contributed by atoms with Crippen molar-refractivity contribution in [1.29, 1.82) is 5.41 Å². The topological polar surface area (TPSA) is 50.1 Å². The smallest absolute Gasteiger partial charge is 0.187 e. The number of carbonyl (C=O) groups excluding carboxylic acids is 1. The number of carbonyl (C=O) groups is 1. The van der Waals surface area contributed by atoms with Crippen LogP contribution in [-0.2, 0) is 9.53 Å². The summed E-state index contributed by atoms with van der Waals surface area (Å²) in [6, 6.07) is 0. The first-order valence-electron chi connectivity index (χ1n) is 4.11. The Kier molecular flexibility index (Phi) is 6.86. The SMILES string of the molecule is CCOC(=N)CC(=O)C(C)(C)C.Cl. The van der Waals surface area contributed by atoms with Gasteiger partial charge in [0.1, 0.15) is 5.78 Å². The van der Waals surface area contributed by atoms with E-state index in [1.807, 2.05) is 20.8 Å². The lowest BCUT2D eigenvalue weighted by Crippen LogP contribution is -2.23. The molecule has 78 valence electrons. The molecular weight excluding hydrogens is 190 g/mol. The van der Waals surface area contributed by atoms with Crippen molar-refractivity contribution in [3.8, 4) is 0 Å². The van der Waals surface area contributed by atoms with E-state index < -0.39 is 0 Å². The van der Waals surface area contributed by atoms with Crippen LogP contribution in [-0.4, -0.2) is 18.3 Å². The molecule has 3 nitrogen and oxygen atoms in total. The second-order valence-electron chi connectivity index (χ2n) is 3.71. The van der Waals surface area contributed by atoms with Crippen molar-refractivity contribution in [2.75, 3.05) is 6.61 Å². The van der Waals surface area contributed by atoms with Crippen LogP contribution in [0.1, 0.15) is 34.1 Å². The summed E-state index contributed by atoms with van der Waals surface area (Å²) in [5.74, 6) is 0.110. The molecule has 0 aromatic heterocycles. The van der Waals surface area contributed by atoms with E-state index in [2.05, 4.69) is 0 Å². The van der Waals surface area contributed by atoms with Gasteiger partial charge in [0.15, 0.2) is 5.90 Å². The van der Waals surface area contributed by atoms with E-state index in [1.165, 1.54) is 0 Å². The number of halogens is 1. The molecule has 0 heterocycles. The summed E-state index contributed by atoms with van der Waals surface area (Å²) in [6.07, 6.45) is 0.108. The van der Waals surface area contributed by atoms with Gasteiger partial charge in [-0.15, -0.1) is 12.4 Å². The number of hydrogen-bond acceptors (Lipinski definition) is 3. The fraction of sp³-hybridized carbons (Fsp3) is 0.778. The van der Waals surface area contributed by atoms with Crippen molar-refractivity contribution in [3.05, 3.63) is 0 Å². The molecule has 0 unspecified atom stereocenters. The molecule has 0 bridgehead atoms. The third-order valence-electron chi connectivity index (χ3n) is 1.48. The highest BCUT2D eigenvalue weighted by Gasteiger charge is 2.22. The zero-order valence-electron chi connectivity index (χ0n) is 8.64. The molecule has 13 heavy (non-hydrogen) atoms. The van der Waals surface area contributed by atoms with Gasteiger partial charge in [0.25, 0.3) is 0 Å². The second kappa shape index (κ2) is 5.97. The Morgan fingerprint density at radius 3 is 2.15 bits per heavy atom. The first kappa shape index (κ1) is 14.9. The Bertz CT molecular complexity index is 185. The molecular formula is C9H18ClNO2. The molecule has 0 atom stereocenters. The van der Waals surface area contributed by atoms with Gasteiger partial charge < -0.3 is 4.74 Å². The van der Waals surface area contributed by atoms with E-state index in [1.54, 1.807) is 6.92 Å². The van der Waals surface area contributed by atoms with Crippen LogP contribution in [0.5, 0.6) is 0 Å². The Balaban J connectivity index is 0. The van der Waals surface area contributed by atoms with E-state index in [0.29, 0.717) is 6.61 Å². The molecule has 0 amide bonds. The maximum Gasteiger partial charge on any atom is 0.187 e. The Hall–Kier alpha value is -0.570. The molecule has 0 radical (unpaired) electrons. The summed E-state index contributed by atoms with van der Waals surface area (Å²) in [5, 5.41) is 7.26. The average Bonchev–Trinajstić information content (AvgIpc) is 1.85. The summed E-state index contributed by atoms with van der Waals surface area (Å²) in [6.45, 7) is 7.78. The lowest BCUT2D eigenvalue weighted by atomic mass is 9.89. The van der Waals surface area contributed by atoms with Crippen molar-refractivity contribution >= 4 is 24.1 Å². The van der Waals surface area contributed by atoms with E-state index in [9.17, 15) is 4.79 Å². The van der Waals surface area contributed by atoms with E-state index in [0.717, 1.165) is 0 Å². The van der Waals surface area contributed by atoms with Crippen molar-refractivity contribution in [1.82, 2.24) is 0 Å². The van der Waals surface area contributed by atoms with Crippen molar-refractivity contribution < 1.29 is 9.53 Å². The van der Waals surface area contributed by atoms with Crippen LogP contribution in [0.4, 0.5) is 0 Å². The van der Waals surface area contributed by atoms with Crippen LogP contribution in [0.3, 0.4) is 0 Å². The molecule has 0 rings (SSSR count). The summed E-state index contributed by atoms with van der Waals surface area (Å²) < 4.78 is 4.87. The summed E-state index contributed by atoms with van der Waals surface area (Å²) in [7, 11) is 0. The lowest BCUT2D eigenvalue weighted by Gasteiger charge is -2.16. The quantitative estimate of drug-likeness (QED) is 0.571. The number of rotatable bonds is 3. The van der Waals surface area contributed by atoms with Gasteiger partial charge in [-0.3, -0.25) is 10.2 Å². The monoisotopic (exact) mass is 207 g/mol. The van der Waals surface area contributed by atoms with Crippen LogP contribution in [0.2, 0.25) is 0 Å². The normalized spacial score (nSPS) is 10.2. The number of Topliss-reactive ketones (excluding diaryl/α,β-unsaturated/α-hetero) is 1. The molecule has 0 saturated heterocycles. The molecule has 0 aliphatic rings. The average molecular weight is 208 g/mol. The van der Waals surface area contributed by atoms with Crippen molar-refractivity contribution in [3.63, 3.8) is 0 Å². The zero-order valence-corrected chi connectivity index (χ0v) is 9.46. The molecule has 0 aliphatic carbocycles. The minimum Gasteiger partial charge on any atom is -0.481 e. The lowest BCUT2D eigenvalue weighted by molar-refractivity contribution is -0.125. The number of nitrogens with one attached hydrogen (secondary N) is 1. The van der Waals surface area contributed by atoms with Gasteiger partial charge >= 0.3 is 0 Å². The molecule has 0 aromatic carbocycles. The first-order valence-corrected chi connectivity index (χ1v) is 4.11. The van der Waals surface area contributed by atoms with Gasteiger partial charge in [-0.1, -0.05) is 20.8 Å². The van der Waals surface area contributed by atoms with Crippen LogP contribution in [0.25, 0.3) is 0 Å². The zero-order chi connectivity index (χ0) is 9.78. The van der Waals surface area contributed by atoms with E-state index >= 15 is 0 Å². The van der Waals surface area contributed by atoms with Gasteiger partial charge in [-0.2, -0.15) is 0 Å². The summed E-state index contributed by atoms with van der Waals surface area (Å²) >= 11 is 0. The number of ether oxygens (including phenoxy) is 1. The number of hydrogen-bond donors (Lipinski definition) is 1. The minimum atomic E-state index is -0.372. The molecule has 0 aliphatic heterocycles. The van der Waals surface area contributed by atoms with E-state index in [-0.39, 0.29) is 35.9 Å². The highest BCUT2D eigenvalue weighted by Crippen LogP contribution is 2.16. The molecule has 4 heteroatoms. The van der Waals surface area contributed by atoms with Gasteiger partial charge in [0.05, 0.1) is 13.0 Å². The molecule has 0 saturated carbocycles. The van der Waals surface area contributed by atoms with Gasteiger partial charge in [-0.25, -0.2) is 0 Å². The van der Waals surface area contributed by atoms with Gasteiger partial charge in [-0.05, 0) is 6.92 Å². The standard InChI is InChI=1S/C9H17NO2.ClH/c1-5-12-8(10)6-7(11)9(2,3)4;/h10H,5-6H2,1-4H3;1H. The Morgan fingerprint density at radius 2 is 1.85 bits per heavy atom. The summed E-state index contributed by atoms with van der Waals surface area (Å²) in [4.78, 5) is 11.3. The predicted octanol–water partition coefficient (Wildman–Crippen LogP) is 2.43. The van der Waals surface area contributed by atoms with Gasteiger partial charge in [0.2, 0.25) is 0 Å². The van der Waals surface area contributed by atoms with Crippen LogP contribution in [0.15, 0.2) is 0 Å². The fourth-order valence-electron chi connectivity index (χ4n) is 0.636. The molecule has 0 fully saturated rings. The largest absolute Gasteiger partial charge is 0.481 e. The maximum absolute atomic E-state index is 11.3. The molecule has 1 N–H and O–H groups in total. The van der Waals surface area contributed by atoms with Crippen LogP contribution < -0.4 is 0 Å². The third kappa shape index (κ3) is 6.58. The van der Waals surface area contributed by atoms with Gasteiger partial charge in [0, 0.05) is 5.41 Å². The predicted molar refractivity (Wildman–Crippen MR) is 55.7 cm³/mol. The Morgan fingerprint density at radius 1 is 1.38 bits per heavy atom. The van der Waals surface area contributed by atoms with E-state index in [4.69, 9.17) is 10.1 Å². The highest BCUT2D eigenvalue weighted by atomic mass is 35.5. The maximum atomic E-state index is 11.3. The second-order valence-corrected chi connectivity index (χ2v) is 3.71. The van der Waals surface area contributed by atoms with Crippen molar-refractivity contribution in [2.24, 2.45) is 5.41 Å². The molecule has 0 aromatic rings.